The second-order valence-electron chi connectivity index (χ2n) is 5.16. The Bertz CT molecular complexity index is 540. The van der Waals surface area contributed by atoms with E-state index in [9.17, 15) is 4.79 Å². The zero-order valence-corrected chi connectivity index (χ0v) is 10.8. The van der Waals surface area contributed by atoms with Crippen molar-refractivity contribution in [3.05, 3.63) is 39.4 Å². The Hall–Kier alpha value is -1.28. The second-order valence-corrected chi connectivity index (χ2v) is 5.57. The highest BCUT2D eigenvalue weighted by Crippen LogP contribution is 2.38. The number of allylic oxidation sites excluding steroid dienone is 1. The lowest BCUT2D eigenvalue weighted by atomic mass is 9.90. The minimum Gasteiger partial charge on any atom is -0.481 e. The van der Waals surface area contributed by atoms with Gasteiger partial charge in [0.05, 0.1) is 5.92 Å². The van der Waals surface area contributed by atoms with Crippen molar-refractivity contribution in [1.29, 1.82) is 0 Å². The van der Waals surface area contributed by atoms with E-state index < -0.39 is 5.97 Å². The normalized spacial score (nSPS) is 21.4. The minimum absolute atomic E-state index is 0.372. The zero-order valence-electron chi connectivity index (χ0n) is 10.1. The molecule has 1 atom stereocenters. The lowest BCUT2D eigenvalue weighted by Gasteiger charge is -2.17. The molecule has 94 valence electrons. The molecule has 2 nitrogen and oxygen atoms in total. The van der Waals surface area contributed by atoms with Crippen molar-refractivity contribution >= 4 is 23.6 Å². The van der Waals surface area contributed by atoms with E-state index in [0.717, 1.165) is 23.1 Å². The van der Waals surface area contributed by atoms with E-state index in [0.29, 0.717) is 11.4 Å². The Morgan fingerprint density at radius 2 is 2.11 bits per heavy atom. The van der Waals surface area contributed by atoms with Crippen LogP contribution in [0, 0.1) is 0 Å². The van der Waals surface area contributed by atoms with Gasteiger partial charge in [0.15, 0.2) is 0 Å². The maximum absolute atomic E-state index is 11.1. The predicted molar refractivity (Wildman–Crippen MR) is 72.0 cm³/mol. The fourth-order valence-corrected chi connectivity index (χ4v) is 2.99. The van der Waals surface area contributed by atoms with Crippen LogP contribution >= 0.6 is 11.6 Å². The number of aliphatic carboxylic acids is 1. The molecule has 0 radical (unpaired) electrons. The fraction of sp³-hybridized carbons (Fsp3) is 0.400. The van der Waals surface area contributed by atoms with E-state index in [1.807, 2.05) is 6.07 Å². The van der Waals surface area contributed by atoms with Gasteiger partial charge in [-0.1, -0.05) is 23.3 Å². The summed E-state index contributed by atoms with van der Waals surface area (Å²) in [5.74, 6) is -1.11. The van der Waals surface area contributed by atoms with Crippen LogP contribution in [0.25, 0.3) is 6.08 Å². The molecule has 1 aromatic carbocycles. The van der Waals surface area contributed by atoms with E-state index >= 15 is 0 Å². The van der Waals surface area contributed by atoms with Crippen molar-refractivity contribution < 1.29 is 9.90 Å². The van der Waals surface area contributed by atoms with Crippen LogP contribution in [0.5, 0.6) is 0 Å². The third-order valence-electron chi connectivity index (χ3n) is 3.99. The molecule has 3 heteroatoms. The minimum atomic E-state index is -0.741. The van der Waals surface area contributed by atoms with Crippen LogP contribution in [0.15, 0.2) is 17.7 Å². The maximum Gasteiger partial charge on any atom is 0.310 e. The second kappa shape index (κ2) is 4.43. The average Bonchev–Trinajstić information content (AvgIpc) is 2.66. The van der Waals surface area contributed by atoms with Crippen LogP contribution in [-0.2, 0) is 11.2 Å². The monoisotopic (exact) mass is 262 g/mol. The largest absolute Gasteiger partial charge is 0.481 e. The average molecular weight is 263 g/mol. The quantitative estimate of drug-likeness (QED) is 0.874. The molecule has 2 aliphatic carbocycles. The predicted octanol–water partition coefficient (Wildman–Crippen LogP) is 4.02. The van der Waals surface area contributed by atoms with Crippen LogP contribution in [0.1, 0.15) is 48.3 Å². The van der Waals surface area contributed by atoms with Crippen LogP contribution in [0.2, 0.25) is 5.02 Å². The van der Waals surface area contributed by atoms with E-state index in [2.05, 4.69) is 12.1 Å². The number of aryl methyl sites for hydroxylation is 1. The van der Waals surface area contributed by atoms with Gasteiger partial charge in [-0.15, -0.1) is 0 Å². The molecule has 1 unspecified atom stereocenters. The number of carboxylic acid groups (broad SMARTS) is 1. The molecule has 0 aliphatic heterocycles. The lowest BCUT2D eigenvalue weighted by molar-refractivity contribution is -0.138. The molecule has 0 heterocycles. The third kappa shape index (κ3) is 1.95. The van der Waals surface area contributed by atoms with Gasteiger partial charge < -0.3 is 5.11 Å². The topological polar surface area (TPSA) is 37.3 Å². The summed E-state index contributed by atoms with van der Waals surface area (Å²) in [5.41, 5.74) is 4.56. The lowest BCUT2D eigenvalue weighted by Crippen LogP contribution is -2.07. The number of carbonyl (C=O) groups is 1. The van der Waals surface area contributed by atoms with Gasteiger partial charge in [-0.05, 0) is 60.9 Å². The summed E-state index contributed by atoms with van der Waals surface area (Å²) in [4.78, 5) is 11.1. The number of halogens is 1. The fourth-order valence-electron chi connectivity index (χ4n) is 2.76. The van der Waals surface area contributed by atoms with Gasteiger partial charge in [0, 0.05) is 5.02 Å². The van der Waals surface area contributed by atoms with Crippen molar-refractivity contribution in [2.24, 2.45) is 0 Å². The van der Waals surface area contributed by atoms with Crippen LogP contribution in [0.4, 0.5) is 0 Å². The zero-order chi connectivity index (χ0) is 12.7. The number of hydrogen-bond acceptors (Lipinski definition) is 1. The number of hydrogen-bond donors (Lipinski definition) is 1. The Labute approximate surface area is 111 Å². The molecule has 1 saturated carbocycles. The Kier molecular flexibility index (Phi) is 2.90. The highest BCUT2D eigenvalue weighted by Gasteiger charge is 2.29. The molecule has 3 rings (SSSR count). The van der Waals surface area contributed by atoms with Gasteiger partial charge in [-0.2, -0.15) is 0 Å². The van der Waals surface area contributed by atoms with E-state index in [4.69, 9.17) is 16.7 Å². The number of rotatable bonds is 2. The molecule has 0 spiro atoms. The molecule has 0 saturated heterocycles. The van der Waals surface area contributed by atoms with Crippen molar-refractivity contribution in [1.82, 2.24) is 0 Å². The van der Waals surface area contributed by atoms with E-state index in [1.165, 1.54) is 24.8 Å². The Morgan fingerprint density at radius 3 is 2.72 bits per heavy atom. The van der Waals surface area contributed by atoms with Gasteiger partial charge in [0.1, 0.15) is 0 Å². The molecule has 1 fully saturated rings. The van der Waals surface area contributed by atoms with Crippen LogP contribution < -0.4 is 0 Å². The van der Waals surface area contributed by atoms with Crippen LogP contribution in [-0.4, -0.2) is 11.1 Å². The summed E-state index contributed by atoms with van der Waals surface area (Å²) in [6.07, 6.45) is 7.33. The van der Waals surface area contributed by atoms with Crippen molar-refractivity contribution in [2.45, 2.75) is 38.0 Å². The maximum atomic E-state index is 11.1. The molecule has 18 heavy (non-hydrogen) atoms. The van der Waals surface area contributed by atoms with Crippen LogP contribution in [0.3, 0.4) is 0 Å². The molecular formula is C15H15ClO2. The number of carboxylic acids is 1. The first-order valence-electron chi connectivity index (χ1n) is 6.40. The van der Waals surface area contributed by atoms with Gasteiger partial charge in [-0.25, -0.2) is 0 Å². The molecule has 1 N–H and O–H groups in total. The highest BCUT2D eigenvalue weighted by atomic mass is 35.5. The summed E-state index contributed by atoms with van der Waals surface area (Å²) in [7, 11) is 0. The molecule has 1 aromatic rings. The molecule has 0 aromatic heterocycles. The number of fused-ring (bicyclic) bond motifs is 1. The summed E-state index contributed by atoms with van der Waals surface area (Å²) in [6.45, 7) is 0. The van der Waals surface area contributed by atoms with Crippen molar-refractivity contribution in [2.75, 3.05) is 0 Å². The smallest absolute Gasteiger partial charge is 0.310 e. The van der Waals surface area contributed by atoms with Gasteiger partial charge in [0.2, 0.25) is 0 Å². The number of benzene rings is 1. The van der Waals surface area contributed by atoms with E-state index in [-0.39, 0.29) is 5.92 Å². The summed E-state index contributed by atoms with van der Waals surface area (Å²) in [6, 6.07) is 3.93. The van der Waals surface area contributed by atoms with E-state index in [1.54, 1.807) is 0 Å². The summed E-state index contributed by atoms with van der Waals surface area (Å²) >= 11 is 6.27. The van der Waals surface area contributed by atoms with Crippen molar-refractivity contribution in [3.63, 3.8) is 0 Å². The molecular weight excluding hydrogens is 248 g/mol. The third-order valence-corrected chi connectivity index (χ3v) is 4.32. The SMILES string of the molecule is O=C(O)C1CCc2cc(C=C3CCC3)c(Cl)cc21. The Morgan fingerprint density at radius 1 is 1.33 bits per heavy atom. The van der Waals surface area contributed by atoms with Crippen molar-refractivity contribution in [3.8, 4) is 0 Å². The first-order valence-corrected chi connectivity index (χ1v) is 6.77. The standard InChI is InChI=1S/C15H15ClO2/c16-14-8-13-10(4-5-12(13)15(17)18)7-11(14)6-9-2-1-3-9/h6-8,12H,1-5H2,(H,17,18). The first-order chi connectivity index (χ1) is 8.65. The first kappa shape index (κ1) is 11.8. The summed E-state index contributed by atoms with van der Waals surface area (Å²) < 4.78 is 0. The van der Waals surface area contributed by atoms with Gasteiger partial charge in [0.25, 0.3) is 0 Å². The molecule has 0 bridgehead atoms. The van der Waals surface area contributed by atoms with Gasteiger partial charge >= 0.3 is 5.97 Å². The molecule has 2 aliphatic rings. The summed E-state index contributed by atoms with van der Waals surface area (Å²) in [5, 5.41) is 9.84. The van der Waals surface area contributed by atoms with Gasteiger partial charge in [-0.3, -0.25) is 4.79 Å². The Balaban J connectivity index is 1.99. The highest BCUT2D eigenvalue weighted by molar-refractivity contribution is 6.32. The molecule has 0 amide bonds.